The van der Waals surface area contributed by atoms with Crippen LogP contribution in [0.1, 0.15) is 18.1 Å². The lowest BCUT2D eigenvalue weighted by Crippen LogP contribution is -2.38. The van der Waals surface area contributed by atoms with E-state index in [1.807, 2.05) is 66.7 Å². The van der Waals surface area contributed by atoms with Crippen molar-refractivity contribution in [1.29, 1.82) is 0 Å². The first-order valence-corrected chi connectivity index (χ1v) is 10.9. The molecule has 7 nitrogen and oxygen atoms in total. The lowest BCUT2D eigenvalue weighted by Gasteiger charge is -2.18. The van der Waals surface area contributed by atoms with Gasteiger partial charge in [0.1, 0.15) is 5.82 Å². The lowest BCUT2D eigenvalue weighted by atomic mass is 10.0. The first-order valence-electron chi connectivity index (χ1n) is 10.9. The number of aliphatic carboxylic acids is 1. The maximum absolute atomic E-state index is 12.6. The van der Waals surface area contributed by atoms with E-state index < -0.39 is 12.1 Å². The summed E-state index contributed by atoms with van der Waals surface area (Å²) in [5.74, 6) is -0.434. The number of hydrogen-bond donors (Lipinski definition) is 2. The van der Waals surface area contributed by atoms with Crippen LogP contribution in [0.25, 0.3) is 11.3 Å². The number of pyridine rings is 1. The monoisotopic (exact) mass is 483 g/mol. The van der Waals surface area contributed by atoms with Gasteiger partial charge >= 0.3 is 12.0 Å². The normalized spacial score (nSPS) is 11.2. The van der Waals surface area contributed by atoms with E-state index >= 15 is 0 Å². The molecule has 0 unspecified atom stereocenters. The summed E-state index contributed by atoms with van der Waals surface area (Å²) in [6.45, 7) is 2.66. The van der Waals surface area contributed by atoms with Crippen LogP contribution in [0.3, 0.4) is 0 Å². The largest absolute Gasteiger partial charge is 0.479 e. The molecule has 180 valence electrons. The minimum Gasteiger partial charge on any atom is -0.479 e. The molecule has 0 aliphatic heterocycles. The molecule has 1 heterocycles. The zero-order valence-corrected chi connectivity index (χ0v) is 20.1. The van der Waals surface area contributed by atoms with Gasteiger partial charge in [-0.3, -0.25) is 4.90 Å². The summed E-state index contributed by atoms with van der Waals surface area (Å²) in [6.07, 6.45) is 0.186. The van der Waals surface area contributed by atoms with Gasteiger partial charge in [0.25, 0.3) is 0 Å². The zero-order chi connectivity index (χ0) is 23.6. The van der Waals surface area contributed by atoms with Gasteiger partial charge in [-0.1, -0.05) is 60.7 Å². The molecule has 3 rings (SSSR count). The van der Waals surface area contributed by atoms with E-state index in [1.165, 1.54) is 10.5 Å². The number of amides is 2. The lowest BCUT2D eigenvalue weighted by molar-refractivity contribution is -0.149. The van der Waals surface area contributed by atoms with Crippen molar-refractivity contribution in [2.24, 2.45) is 0 Å². The molecule has 0 aliphatic rings. The van der Waals surface area contributed by atoms with Crippen LogP contribution in [0.2, 0.25) is 0 Å². The molecule has 2 amide bonds. The molecule has 2 N–H and O–H groups in total. The number of nitrogens with zero attached hydrogens (tertiary/aromatic N) is 2. The molecule has 0 fully saturated rings. The number of urea groups is 1. The molecular weight excluding hydrogens is 454 g/mol. The summed E-state index contributed by atoms with van der Waals surface area (Å²) in [6, 6.07) is 22.8. The Kier molecular flexibility index (Phi) is 10.5. The Morgan fingerprint density at radius 3 is 2.35 bits per heavy atom. The number of nitrogens with one attached hydrogen (secondary N) is 1. The van der Waals surface area contributed by atoms with Crippen molar-refractivity contribution in [2.45, 2.75) is 25.9 Å². The third kappa shape index (κ3) is 7.57. The second-order valence-electron chi connectivity index (χ2n) is 7.59. The van der Waals surface area contributed by atoms with E-state index in [-0.39, 0.29) is 18.4 Å². The van der Waals surface area contributed by atoms with Crippen LogP contribution in [-0.4, -0.2) is 48.4 Å². The molecule has 34 heavy (non-hydrogen) atoms. The van der Waals surface area contributed by atoms with E-state index in [1.54, 1.807) is 20.0 Å². The fraction of sp³-hybridized carbons (Fsp3) is 0.269. The third-order valence-corrected chi connectivity index (χ3v) is 5.23. The van der Waals surface area contributed by atoms with Crippen LogP contribution >= 0.6 is 12.4 Å². The maximum atomic E-state index is 12.6. The Labute approximate surface area is 206 Å². The minimum atomic E-state index is -0.972. The summed E-state index contributed by atoms with van der Waals surface area (Å²) < 4.78 is 5.28. The van der Waals surface area contributed by atoms with E-state index in [0.29, 0.717) is 25.4 Å². The predicted octanol–water partition coefficient (Wildman–Crippen LogP) is 4.59. The highest BCUT2D eigenvalue weighted by atomic mass is 35.5. The van der Waals surface area contributed by atoms with Gasteiger partial charge in [0.2, 0.25) is 0 Å². The van der Waals surface area contributed by atoms with Crippen LogP contribution in [0.15, 0.2) is 72.8 Å². The van der Waals surface area contributed by atoms with Gasteiger partial charge in [-0.15, -0.1) is 12.4 Å². The molecule has 0 aliphatic carbocycles. The predicted molar refractivity (Wildman–Crippen MR) is 136 cm³/mol. The SMILES string of the molecule is CCO[C@@H](Cc1ccc(-c2cccc(N(C)C(=O)NCCc3ccccc3)n2)cc1)C(=O)O.Cl. The maximum Gasteiger partial charge on any atom is 0.333 e. The van der Waals surface area contributed by atoms with E-state index in [9.17, 15) is 14.7 Å². The number of ether oxygens (including phenoxy) is 1. The Morgan fingerprint density at radius 1 is 1.00 bits per heavy atom. The highest BCUT2D eigenvalue weighted by Crippen LogP contribution is 2.21. The Morgan fingerprint density at radius 2 is 1.71 bits per heavy atom. The quantitative estimate of drug-likeness (QED) is 0.440. The zero-order valence-electron chi connectivity index (χ0n) is 19.3. The summed E-state index contributed by atoms with van der Waals surface area (Å²) >= 11 is 0. The highest BCUT2D eigenvalue weighted by molar-refractivity contribution is 5.90. The number of rotatable bonds is 10. The van der Waals surface area contributed by atoms with Gasteiger partial charge in [-0.05, 0) is 36.6 Å². The summed E-state index contributed by atoms with van der Waals surface area (Å²) in [5.41, 5.74) is 3.63. The number of carboxylic acids is 1. The topological polar surface area (TPSA) is 91.8 Å². The number of carboxylic acid groups (broad SMARTS) is 1. The fourth-order valence-corrected chi connectivity index (χ4v) is 3.40. The van der Waals surface area contributed by atoms with E-state index in [4.69, 9.17) is 4.74 Å². The molecule has 0 saturated carbocycles. The van der Waals surface area contributed by atoms with Crippen LogP contribution in [0, 0.1) is 0 Å². The molecule has 0 bridgehead atoms. The van der Waals surface area contributed by atoms with Gasteiger partial charge in [-0.2, -0.15) is 0 Å². The smallest absolute Gasteiger partial charge is 0.333 e. The number of aromatic nitrogens is 1. The molecule has 0 spiro atoms. The number of carbonyl (C=O) groups is 2. The van der Waals surface area contributed by atoms with Crippen molar-refractivity contribution in [3.05, 3.63) is 83.9 Å². The van der Waals surface area contributed by atoms with E-state index in [0.717, 1.165) is 23.2 Å². The standard InChI is InChI=1S/C26H29N3O4.ClH/c1-3-33-23(25(30)31)18-20-12-14-21(15-13-20)22-10-7-11-24(28-22)29(2)26(32)27-17-16-19-8-5-4-6-9-19;/h4-15,23H,3,16-18H2,1-2H3,(H,27,32)(H,30,31);1H/t23-;/m0./s1. The van der Waals surface area contributed by atoms with Crippen molar-refractivity contribution < 1.29 is 19.4 Å². The Bertz CT molecular complexity index is 1060. The molecule has 1 aromatic heterocycles. The number of halogens is 1. The van der Waals surface area contributed by atoms with Crippen LogP contribution in [-0.2, 0) is 22.4 Å². The van der Waals surface area contributed by atoms with Crippen molar-refractivity contribution in [3.8, 4) is 11.3 Å². The molecule has 1 atom stereocenters. The first-order chi connectivity index (χ1) is 16.0. The third-order valence-electron chi connectivity index (χ3n) is 5.23. The summed E-state index contributed by atoms with van der Waals surface area (Å²) in [7, 11) is 1.69. The van der Waals surface area contributed by atoms with Crippen LogP contribution in [0.5, 0.6) is 0 Å². The van der Waals surface area contributed by atoms with Gasteiger partial charge in [0.05, 0.1) is 5.69 Å². The van der Waals surface area contributed by atoms with E-state index in [2.05, 4.69) is 10.3 Å². The Balaban J connectivity index is 0.00000408. The van der Waals surface area contributed by atoms with Gasteiger partial charge in [0, 0.05) is 32.2 Å². The summed E-state index contributed by atoms with van der Waals surface area (Å²) in [5, 5.41) is 12.2. The number of anilines is 1. The highest BCUT2D eigenvalue weighted by Gasteiger charge is 2.18. The molecule has 0 saturated heterocycles. The van der Waals surface area contributed by atoms with Gasteiger partial charge < -0.3 is 15.2 Å². The Hall–Kier alpha value is -3.42. The van der Waals surface area contributed by atoms with Crippen molar-refractivity contribution in [3.63, 3.8) is 0 Å². The molecular formula is C26H30ClN3O4. The summed E-state index contributed by atoms with van der Waals surface area (Å²) in [4.78, 5) is 30.0. The minimum absolute atomic E-state index is 0. The molecule has 8 heteroatoms. The molecule has 3 aromatic rings. The van der Waals surface area contributed by atoms with Crippen LogP contribution < -0.4 is 10.2 Å². The van der Waals surface area contributed by atoms with Crippen LogP contribution in [0.4, 0.5) is 10.6 Å². The fourth-order valence-electron chi connectivity index (χ4n) is 3.40. The average molecular weight is 484 g/mol. The number of hydrogen-bond acceptors (Lipinski definition) is 4. The van der Waals surface area contributed by atoms with Gasteiger partial charge in [0.15, 0.2) is 6.10 Å². The second kappa shape index (κ2) is 13.3. The average Bonchev–Trinajstić information content (AvgIpc) is 2.84. The second-order valence-corrected chi connectivity index (χ2v) is 7.59. The molecule has 0 radical (unpaired) electrons. The molecule has 2 aromatic carbocycles. The number of benzene rings is 2. The van der Waals surface area contributed by atoms with Crippen molar-refractivity contribution in [1.82, 2.24) is 10.3 Å². The van der Waals surface area contributed by atoms with Crippen molar-refractivity contribution >= 4 is 30.2 Å². The number of carbonyl (C=O) groups excluding carboxylic acids is 1. The van der Waals surface area contributed by atoms with Crippen molar-refractivity contribution in [2.75, 3.05) is 25.1 Å². The van der Waals surface area contributed by atoms with Gasteiger partial charge in [-0.25, -0.2) is 14.6 Å². The first kappa shape index (κ1) is 26.8.